The molecule has 1 aromatic carbocycles. The Kier molecular flexibility index (Phi) is 6.08. The number of methoxy groups -OCH3 is 1. The number of ether oxygens (including phenoxy) is 1. The van der Waals surface area contributed by atoms with Crippen LogP contribution in [0.5, 0.6) is 5.75 Å². The molecule has 0 N–H and O–H groups in total. The maximum atomic E-state index is 12.4. The molecule has 7 heteroatoms. The van der Waals surface area contributed by atoms with Crippen LogP contribution in [0.4, 0.5) is 0 Å². The number of thioether (sulfide) groups is 2. The molecule has 0 saturated heterocycles. The van der Waals surface area contributed by atoms with Gasteiger partial charge in [-0.25, -0.2) is 0 Å². The molecule has 0 bridgehead atoms. The van der Waals surface area contributed by atoms with E-state index >= 15 is 0 Å². The second-order valence-corrected chi connectivity index (χ2v) is 8.20. The van der Waals surface area contributed by atoms with Crippen LogP contribution in [0, 0.1) is 0 Å². The Morgan fingerprint density at radius 1 is 1.29 bits per heavy atom. The zero-order chi connectivity index (χ0) is 15.2. The van der Waals surface area contributed by atoms with Gasteiger partial charge < -0.3 is 4.74 Å². The summed E-state index contributed by atoms with van der Waals surface area (Å²) in [6.07, 6.45) is 0. The van der Waals surface area contributed by atoms with Gasteiger partial charge in [0.2, 0.25) is 0 Å². The first-order valence-corrected chi connectivity index (χ1v) is 9.13. The molecule has 0 aliphatic carbocycles. The number of aromatic nitrogens is 2. The number of carbonyl (C=O) groups excluding carboxylic acids is 1. The van der Waals surface area contributed by atoms with Crippen molar-refractivity contribution >= 4 is 40.6 Å². The van der Waals surface area contributed by atoms with Gasteiger partial charge in [-0.15, -0.1) is 10.2 Å². The Labute approximate surface area is 136 Å². The van der Waals surface area contributed by atoms with E-state index in [2.05, 4.69) is 17.1 Å². The molecule has 0 spiro atoms. The van der Waals surface area contributed by atoms with Crippen LogP contribution in [-0.4, -0.2) is 34.1 Å². The molecule has 2 aromatic rings. The lowest BCUT2D eigenvalue weighted by molar-refractivity contribution is 0.0994. The minimum atomic E-state index is -0.189. The highest BCUT2D eigenvalue weighted by Gasteiger charge is 2.18. The van der Waals surface area contributed by atoms with E-state index in [1.54, 1.807) is 43.1 Å². The predicted octanol–water partition coefficient (Wildman–Crippen LogP) is 4.02. The fourth-order valence-electron chi connectivity index (χ4n) is 1.62. The Morgan fingerprint density at radius 3 is 2.57 bits per heavy atom. The van der Waals surface area contributed by atoms with Crippen molar-refractivity contribution in [2.75, 3.05) is 12.9 Å². The summed E-state index contributed by atoms with van der Waals surface area (Å²) in [6.45, 7) is 3.97. The van der Waals surface area contributed by atoms with E-state index in [1.165, 1.54) is 23.1 Å². The lowest BCUT2D eigenvalue weighted by Gasteiger charge is -2.08. The van der Waals surface area contributed by atoms with Crippen molar-refractivity contribution in [2.45, 2.75) is 27.8 Å². The van der Waals surface area contributed by atoms with Crippen LogP contribution in [-0.2, 0) is 0 Å². The molecule has 1 heterocycles. The average molecular weight is 340 g/mol. The van der Waals surface area contributed by atoms with Gasteiger partial charge in [0.15, 0.2) is 14.5 Å². The summed E-state index contributed by atoms with van der Waals surface area (Å²) in [5, 5.41) is 8.02. The van der Waals surface area contributed by atoms with Gasteiger partial charge in [-0.1, -0.05) is 41.8 Å². The van der Waals surface area contributed by atoms with Crippen LogP contribution in [0.1, 0.15) is 24.2 Å². The van der Waals surface area contributed by atoms with Gasteiger partial charge in [-0.2, -0.15) is 0 Å². The van der Waals surface area contributed by atoms with Gasteiger partial charge in [-0.3, -0.25) is 4.79 Å². The van der Waals surface area contributed by atoms with Crippen molar-refractivity contribution in [2.24, 2.45) is 0 Å². The zero-order valence-corrected chi connectivity index (χ0v) is 14.5. The highest BCUT2D eigenvalue weighted by Crippen LogP contribution is 2.32. The highest BCUT2D eigenvalue weighted by molar-refractivity contribution is 8.03. The van der Waals surface area contributed by atoms with Crippen LogP contribution < -0.4 is 4.74 Å². The summed E-state index contributed by atoms with van der Waals surface area (Å²) >= 11 is 4.65. The molecule has 2 rings (SSSR count). The highest BCUT2D eigenvalue weighted by atomic mass is 32.2. The third kappa shape index (κ3) is 4.46. The molecule has 1 atom stereocenters. The summed E-state index contributed by atoms with van der Waals surface area (Å²) in [5.74, 6) is 1.80. The first kappa shape index (κ1) is 16.3. The van der Waals surface area contributed by atoms with E-state index < -0.39 is 0 Å². The van der Waals surface area contributed by atoms with Gasteiger partial charge in [0.1, 0.15) is 5.75 Å². The zero-order valence-electron chi connectivity index (χ0n) is 12.0. The van der Waals surface area contributed by atoms with Crippen LogP contribution in [0.25, 0.3) is 0 Å². The Bertz CT molecular complexity index is 599. The van der Waals surface area contributed by atoms with Gasteiger partial charge in [0.25, 0.3) is 0 Å². The number of ketones is 1. The van der Waals surface area contributed by atoms with Crippen molar-refractivity contribution < 1.29 is 9.53 Å². The van der Waals surface area contributed by atoms with Gasteiger partial charge >= 0.3 is 0 Å². The number of nitrogens with zero attached hydrogens (tertiary/aromatic N) is 2. The second kappa shape index (κ2) is 7.82. The largest absolute Gasteiger partial charge is 0.497 e. The van der Waals surface area contributed by atoms with Crippen molar-refractivity contribution in [3.8, 4) is 5.75 Å². The quantitative estimate of drug-likeness (QED) is 0.560. The minimum absolute atomic E-state index is 0.0857. The van der Waals surface area contributed by atoms with Crippen molar-refractivity contribution in [1.29, 1.82) is 0 Å². The van der Waals surface area contributed by atoms with E-state index in [-0.39, 0.29) is 11.0 Å². The molecular weight excluding hydrogens is 324 g/mol. The molecule has 0 radical (unpaired) electrons. The first-order valence-electron chi connectivity index (χ1n) is 6.45. The number of benzene rings is 1. The summed E-state index contributed by atoms with van der Waals surface area (Å²) in [6, 6.07) is 7.17. The van der Waals surface area contributed by atoms with E-state index in [0.717, 1.165) is 20.2 Å². The topological polar surface area (TPSA) is 52.1 Å². The van der Waals surface area contributed by atoms with E-state index in [1.807, 2.05) is 6.92 Å². The summed E-state index contributed by atoms with van der Waals surface area (Å²) in [7, 11) is 1.61. The molecule has 1 unspecified atom stereocenters. The summed E-state index contributed by atoms with van der Waals surface area (Å²) in [4.78, 5) is 12.4. The Hall–Kier alpha value is -1.05. The molecule has 21 heavy (non-hydrogen) atoms. The maximum absolute atomic E-state index is 12.4. The average Bonchev–Trinajstić information content (AvgIpc) is 2.94. The smallest absolute Gasteiger partial charge is 0.175 e. The minimum Gasteiger partial charge on any atom is -0.497 e. The summed E-state index contributed by atoms with van der Waals surface area (Å²) in [5.41, 5.74) is 0.684. The van der Waals surface area contributed by atoms with E-state index in [9.17, 15) is 4.79 Å². The third-order valence-corrected chi connectivity index (χ3v) is 5.80. The molecule has 0 saturated carbocycles. The number of hydrogen-bond acceptors (Lipinski definition) is 7. The first-order chi connectivity index (χ1) is 10.1. The van der Waals surface area contributed by atoms with Gasteiger partial charge in [-0.05, 0) is 36.9 Å². The third-order valence-electron chi connectivity index (χ3n) is 2.68. The van der Waals surface area contributed by atoms with Crippen LogP contribution in [0.3, 0.4) is 0 Å². The normalized spacial score (nSPS) is 12.1. The van der Waals surface area contributed by atoms with Crippen LogP contribution in [0.15, 0.2) is 32.9 Å². The van der Waals surface area contributed by atoms with E-state index in [0.29, 0.717) is 5.56 Å². The number of Topliss-reactive ketones (excluding diaryl/α,β-unsaturated/α-hetero) is 1. The number of carbonyl (C=O) groups is 1. The van der Waals surface area contributed by atoms with Gasteiger partial charge in [0.05, 0.1) is 12.4 Å². The number of hydrogen-bond donors (Lipinski definition) is 0. The van der Waals surface area contributed by atoms with E-state index in [4.69, 9.17) is 4.74 Å². The lowest BCUT2D eigenvalue weighted by Crippen LogP contribution is -2.13. The molecule has 1 aromatic heterocycles. The lowest BCUT2D eigenvalue weighted by atomic mass is 10.1. The fraction of sp³-hybridized carbons (Fsp3) is 0.357. The molecule has 0 fully saturated rings. The van der Waals surface area contributed by atoms with Crippen molar-refractivity contribution in [3.05, 3.63) is 29.8 Å². The molecule has 0 amide bonds. The van der Waals surface area contributed by atoms with Crippen molar-refractivity contribution in [3.63, 3.8) is 0 Å². The Morgan fingerprint density at radius 2 is 1.95 bits per heavy atom. The Balaban J connectivity index is 2.00. The molecule has 0 aliphatic rings. The standard InChI is InChI=1S/C14H16N2O2S3/c1-4-19-13-15-16-14(21-13)20-9(2)12(17)10-5-7-11(18-3)8-6-10/h5-9H,4H2,1-3H3. The number of rotatable bonds is 7. The monoisotopic (exact) mass is 340 g/mol. The van der Waals surface area contributed by atoms with Crippen molar-refractivity contribution in [1.82, 2.24) is 10.2 Å². The van der Waals surface area contributed by atoms with Crippen LogP contribution >= 0.6 is 34.9 Å². The predicted molar refractivity (Wildman–Crippen MR) is 89.0 cm³/mol. The van der Waals surface area contributed by atoms with Gasteiger partial charge in [0, 0.05) is 5.56 Å². The maximum Gasteiger partial charge on any atom is 0.175 e. The second-order valence-electron chi connectivity index (χ2n) is 4.12. The molecule has 112 valence electrons. The summed E-state index contributed by atoms with van der Waals surface area (Å²) < 4.78 is 6.88. The molecular formula is C14H16N2O2S3. The fourth-order valence-corrected chi connectivity index (χ4v) is 4.76. The SMILES string of the molecule is CCSc1nnc(SC(C)C(=O)c2ccc(OC)cc2)s1. The van der Waals surface area contributed by atoms with Crippen LogP contribution in [0.2, 0.25) is 0 Å². The molecule has 0 aliphatic heterocycles. The molecule has 4 nitrogen and oxygen atoms in total.